The topological polar surface area (TPSA) is 108 Å². The predicted octanol–water partition coefficient (Wildman–Crippen LogP) is 1.35. The molecule has 1 unspecified atom stereocenters. The van der Waals surface area contributed by atoms with Crippen LogP contribution in [0.2, 0.25) is 0 Å². The molecule has 0 saturated heterocycles. The zero-order valence-electron chi connectivity index (χ0n) is 14.2. The van der Waals surface area contributed by atoms with E-state index in [1.54, 1.807) is 12.1 Å². The van der Waals surface area contributed by atoms with Gasteiger partial charge in [-0.05, 0) is 17.5 Å². The van der Waals surface area contributed by atoms with Crippen LogP contribution in [-0.2, 0) is 21.2 Å². The van der Waals surface area contributed by atoms with Gasteiger partial charge in [-0.25, -0.2) is 17.5 Å². The number of nitrogens with zero attached hydrogens (tertiary/aromatic N) is 2. The highest BCUT2D eigenvalue weighted by Crippen LogP contribution is 2.31. The number of carbonyl (C=O) groups excluding carboxylic acids is 1. The largest absolute Gasteiger partial charge is 0.479 e. The lowest BCUT2D eigenvalue weighted by Gasteiger charge is -2.34. The van der Waals surface area contributed by atoms with E-state index in [2.05, 4.69) is 0 Å². The van der Waals surface area contributed by atoms with Gasteiger partial charge >= 0.3 is 5.97 Å². The molecule has 1 aliphatic heterocycles. The van der Waals surface area contributed by atoms with Crippen LogP contribution in [-0.4, -0.2) is 55.2 Å². The summed E-state index contributed by atoms with van der Waals surface area (Å²) < 4.78 is 30.2. The van der Waals surface area contributed by atoms with Crippen LogP contribution in [0.5, 0.6) is 0 Å². The summed E-state index contributed by atoms with van der Waals surface area (Å²) in [5.74, 6) is -1.73. The third-order valence-corrected chi connectivity index (χ3v) is 6.02. The molecule has 138 valence electrons. The van der Waals surface area contributed by atoms with E-state index in [9.17, 15) is 23.1 Å². The Labute approximate surface area is 150 Å². The monoisotopic (exact) mass is 378 g/mol. The van der Waals surface area contributed by atoms with Crippen LogP contribution in [0, 0.1) is 0 Å². The second-order valence-electron chi connectivity index (χ2n) is 6.13. The zero-order valence-corrected chi connectivity index (χ0v) is 15.1. The zero-order chi connectivity index (χ0) is 19.1. The van der Waals surface area contributed by atoms with E-state index in [1.165, 1.54) is 19.0 Å². The number of amides is 1. The highest BCUT2D eigenvalue weighted by atomic mass is 32.2. The van der Waals surface area contributed by atoms with Gasteiger partial charge in [0.05, 0.1) is 5.56 Å². The van der Waals surface area contributed by atoms with Crippen molar-refractivity contribution in [2.75, 3.05) is 20.6 Å². The SMILES string of the molecule is CN(C)S(=O)(=O)c1cc(C(=O)N2CCc3ccccc3C2C(=O)O)co1. The summed E-state index contributed by atoms with van der Waals surface area (Å²) in [6.45, 7) is 0.216. The summed E-state index contributed by atoms with van der Waals surface area (Å²) >= 11 is 0. The second-order valence-corrected chi connectivity index (χ2v) is 8.21. The first-order valence-electron chi connectivity index (χ1n) is 7.86. The molecule has 8 nitrogen and oxygen atoms in total. The lowest BCUT2D eigenvalue weighted by molar-refractivity contribution is -0.143. The molecule has 2 heterocycles. The molecular weight excluding hydrogens is 360 g/mol. The minimum atomic E-state index is -3.82. The highest BCUT2D eigenvalue weighted by Gasteiger charge is 2.37. The van der Waals surface area contributed by atoms with Gasteiger partial charge in [0, 0.05) is 26.7 Å². The summed E-state index contributed by atoms with van der Waals surface area (Å²) in [5.41, 5.74) is 1.44. The molecule has 1 amide bonds. The molecule has 2 aromatic rings. The molecule has 0 radical (unpaired) electrons. The van der Waals surface area contributed by atoms with Crippen molar-refractivity contribution in [2.45, 2.75) is 17.6 Å². The second kappa shape index (κ2) is 6.58. The Morgan fingerprint density at radius 3 is 2.62 bits per heavy atom. The molecule has 0 fully saturated rings. The highest BCUT2D eigenvalue weighted by molar-refractivity contribution is 7.88. The summed E-state index contributed by atoms with van der Waals surface area (Å²) in [4.78, 5) is 25.8. The van der Waals surface area contributed by atoms with E-state index < -0.39 is 27.9 Å². The van der Waals surface area contributed by atoms with Crippen LogP contribution < -0.4 is 0 Å². The van der Waals surface area contributed by atoms with E-state index in [1.807, 2.05) is 12.1 Å². The number of sulfonamides is 1. The number of carbonyl (C=O) groups is 2. The summed E-state index contributed by atoms with van der Waals surface area (Å²) in [6.07, 6.45) is 1.56. The van der Waals surface area contributed by atoms with Crippen molar-refractivity contribution in [3.05, 3.63) is 53.3 Å². The number of benzene rings is 1. The number of rotatable bonds is 4. The smallest absolute Gasteiger partial charge is 0.331 e. The Morgan fingerprint density at radius 1 is 1.27 bits per heavy atom. The van der Waals surface area contributed by atoms with Crippen LogP contribution in [0.1, 0.15) is 27.5 Å². The standard InChI is InChI=1S/C17H18N2O6S/c1-18(2)26(23,24)14-9-12(10-25-14)16(20)19-8-7-11-5-3-4-6-13(11)15(19)17(21)22/h3-6,9-10,15H,7-8H2,1-2H3,(H,21,22). The molecule has 1 N–H and O–H groups in total. The van der Waals surface area contributed by atoms with Gasteiger partial charge < -0.3 is 14.4 Å². The Morgan fingerprint density at radius 2 is 1.96 bits per heavy atom. The summed E-state index contributed by atoms with van der Waals surface area (Å²) in [5, 5.41) is 9.27. The maximum atomic E-state index is 12.8. The van der Waals surface area contributed by atoms with E-state index >= 15 is 0 Å². The lowest BCUT2D eigenvalue weighted by Crippen LogP contribution is -2.43. The molecule has 1 aromatic carbocycles. The van der Waals surface area contributed by atoms with Gasteiger partial charge in [-0.1, -0.05) is 24.3 Å². The summed E-state index contributed by atoms with van der Waals surface area (Å²) in [7, 11) is -1.12. The van der Waals surface area contributed by atoms with Crippen LogP contribution in [0.3, 0.4) is 0 Å². The van der Waals surface area contributed by atoms with Crippen molar-refractivity contribution in [3.63, 3.8) is 0 Å². The van der Waals surface area contributed by atoms with Crippen LogP contribution in [0.25, 0.3) is 0 Å². The number of hydrogen-bond acceptors (Lipinski definition) is 5. The molecule has 1 aromatic heterocycles. The molecule has 3 rings (SSSR count). The fourth-order valence-corrected chi connectivity index (χ4v) is 3.77. The third-order valence-electron chi connectivity index (χ3n) is 4.34. The number of carboxylic acids is 1. The van der Waals surface area contributed by atoms with Crippen molar-refractivity contribution in [3.8, 4) is 0 Å². The average Bonchev–Trinajstić information content (AvgIpc) is 3.10. The first-order chi connectivity index (χ1) is 12.2. The minimum Gasteiger partial charge on any atom is -0.479 e. The first kappa shape index (κ1) is 18.2. The average molecular weight is 378 g/mol. The summed E-state index contributed by atoms with van der Waals surface area (Å²) in [6, 6.07) is 7.07. The maximum Gasteiger partial charge on any atom is 0.331 e. The van der Waals surface area contributed by atoms with Gasteiger partial charge in [0.25, 0.3) is 15.9 Å². The predicted molar refractivity (Wildman–Crippen MR) is 91.1 cm³/mol. The molecule has 9 heteroatoms. The molecule has 1 atom stereocenters. The van der Waals surface area contributed by atoms with E-state index in [0.29, 0.717) is 12.0 Å². The minimum absolute atomic E-state index is 0.00365. The molecule has 26 heavy (non-hydrogen) atoms. The van der Waals surface area contributed by atoms with Gasteiger partial charge in [-0.3, -0.25) is 4.79 Å². The Balaban J connectivity index is 1.96. The Hall–Kier alpha value is -2.65. The van der Waals surface area contributed by atoms with E-state index in [4.69, 9.17) is 4.42 Å². The molecular formula is C17H18N2O6S. The van der Waals surface area contributed by atoms with Gasteiger partial charge in [-0.2, -0.15) is 0 Å². The van der Waals surface area contributed by atoms with Crippen molar-refractivity contribution in [2.24, 2.45) is 0 Å². The van der Waals surface area contributed by atoms with Crippen molar-refractivity contribution < 1.29 is 27.5 Å². The first-order valence-corrected chi connectivity index (χ1v) is 9.30. The van der Waals surface area contributed by atoms with Gasteiger partial charge in [0.15, 0.2) is 6.04 Å². The fourth-order valence-electron chi connectivity index (χ4n) is 2.96. The maximum absolute atomic E-state index is 12.8. The number of aliphatic carboxylic acids is 1. The van der Waals surface area contributed by atoms with E-state index in [0.717, 1.165) is 22.2 Å². The van der Waals surface area contributed by atoms with Gasteiger partial charge in [0.2, 0.25) is 5.09 Å². The van der Waals surface area contributed by atoms with Crippen molar-refractivity contribution in [1.29, 1.82) is 0 Å². The van der Waals surface area contributed by atoms with Gasteiger partial charge in [0.1, 0.15) is 6.26 Å². The van der Waals surface area contributed by atoms with E-state index in [-0.39, 0.29) is 17.2 Å². The number of hydrogen-bond donors (Lipinski definition) is 1. The van der Waals surface area contributed by atoms with Crippen molar-refractivity contribution in [1.82, 2.24) is 9.21 Å². The lowest BCUT2D eigenvalue weighted by atomic mass is 9.92. The number of furan rings is 1. The molecule has 0 bridgehead atoms. The Kier molecular flexibility index (Phi) is 4.59. The Bertz CT molecular complexity index is 963. The quantitative estimate of drug-likeness (QED) is 0.860. The molecule has 0 aliphatic carbocycles. The van der Waals surface area contributed by atoms with Crippen LogP contribution >= 0.6 is 0 Å². The normalized spacial score (nSPS) is 17.2. The molecule has 1 aliphatic rings. The third kappa shape index (κ3) is 2.99. The molecule has 0 saturated carbocycles. The number of carboxylic acid groups (broad SMARTS) is 1. The fraction of sp³-hybridized carbons (Fsp3) is 0.294. The number of fused-ring (bicyclic) bond motifs is 1. The van der Waals surface area contributed by atoms with Crippen molar-refractivity contribution >= 4 is 21.9 Å². The molecule has 0 spiro atoms. The van der Waals surface area contributed by atoms with Gasteiger partial charge in [-0.15, -0.1) is 0 Å². The van der Waals surface area contributed by atoms with Crippen LogP contribution in [0.4, 0.5) is 0 Å². The van der Waals surface area contributed by atoms with Crippen LogP contribution in [0.15, 0.2) is 46.1 Å².